The summed E-state index contributed by atoms with van der Waals surface area (Å²) in [6.45, 7) is 4.89. The Morgan fingerprint density at radius 1 is 1.43 bits per heavy atom. The summed E-state index contributed by atoms with van der Waals surface area (Å²) in [5.41, 5.74) is 1.17. The molecule has 1 heterocycles. The predicted molar refractivity (Wildman–Crippen MR) is 84.8 cm³/mol. The maximum atomic E-state index is 11.3. The summed E-state index contributed by atoms with van der Waals surface area (Å²) in [6.07, 6.45) is -0.717. The second-order valence-electron chi connectivity index (χ2n) is 4.77. The highest BCUT2D eigenvalue weighted by Crippen LogP contribution is 2.32. The lowest BCUT2D eigenvalue weighted by atomic mass is 10.1. The van der Waals surface area contributed by atoms with E-state index in [0.29, 0.717) is 24.3 Å². The summed E-state index contributed by atoms with van der Waals surface area (Å²) in [7, 11) is 0. The standard InChI is InChI=1S/C15H18N2O3S/c1-3-16(10-13-5-4-8-21-13)14-7-6-12(11(2)18)9-15(14)17(19)20/h4-9,11,18H,3,10H2,1-2H3. The van der Waals surface area contributed by atoms with Crippen LogP contribution >= 0.6 is 11.3 Å². The maximum Gasteiger partial charge on any atom is 0.292 e. The molecule has 1 N–H and O–H groups in total. The zero-order valence-corrected chi connectivity index (χ0v) is 12.8. The highest BCUT2D eigenvalue weighted by atomic mass is 32.1. The molecule has 0 aliphatic heterocycles. The Morgan fingerprint density at radius 2 is 2.19 bits per heavy atom. The number of benzene rings is 1. The summed E-state index contributed by atoms with van der Waals surface area (Å²) < 4.78 is 0. The van der Waals surface area contributed by atoms with Gasteiger partial charge < -0.3 is 10.0 Å². The van der Waals surface area contributed by atoms with E-state index >= 15 is 0 Å². The molecule has 0 radical (unpaired) electrons. The normalized spacial score (nSPS) is 12.1. The van der Waals surface area contributed by atoms with Crippen molar-refractivity contribution in [3.8, 4) is 0 Å². The van der Waals surface area contributed by atoms with Crippen LogP contribution in [0.5, 0.6) is 0 Å². The van der Waals surface area contributed by atoms with Crippen molar-refractivity contribution in [2.45, 2.75) is 26.5 Å². The SMILES string of the molecule is CCN(Cc1cccs1)c1ccc(C(C)O)cc1[N+](=O)[O-]. The van der Waals surface area contributed by atoms with Gasteiger partial charge in [0.25, 0.3) is 5.69 Å². The molecule has 112 valence electrons. The first-order valence-corrected chi connectivity index (χ1v) is 7.64. The van der Waals surface area contributed by atoms with Crippen LogP contribution in [0.3, 0.4) is 0 Å². The summed E-state index contributed by atoms with van der Waals surface area (Å²) in [5, 5.41) is 22.9. The van der Waals surface area contributed by atoms with E-state index in [1.54, 1.807) is 30.4 Å². The summed E-state index contributed by atoms with van der Waals surface area (Å²) in [5.74, 6) is 0. The molecule has 0 spiro atoms. The lowest BCUT2D eigenvalue weighted by Gasteiger charge is -2.22. The highest BCUT2D eigenvalue weighted by molar-refractivity contribution is 7.09. The van der Waals surface area contributed by atoms with Gasteiger partial charge in [0.2, 0.25) is 0 Å². The van der Waals surface area contributed by atoms with Crippen molar-refractivity contribution in [3.05, 3.63) is 56.3 Å². The minimum Gasteiger partial charge on any atom is -0.389 e. The third-order valence-electron chi connectivity index (χ3n) is 3.33. The van der Waals surface area contributed by atoms with Gasteiger partial charge in [-0.2, -0.15) is 0 Å². The van der Waals surface area contributed by atoms with E-state index in [2.05, 4.69) is 0 Å². The number of hydrogen-bond donors (Lipinski definition) is 1. The molecule has 1 aromatic heterocycles. The summed E-state index contributed by atoms with van der Waals surface area (Å²) in [6, 6.07) is 8.90. The van der Waals surface area contributed by atoms with E-state index in [4.69, 9.17) is 0 Å². The van der Waals surface area contributed by atoms with Crippen molar-refractivity contribution in [1.82, 2.24) is 0 Å². The van der Waals surface area contributed by atoms with E-state index in [-0.39, 0.29) is 5.69 Å². The van der Waals surface area contributed by atoms with E-state index < -0.39 is 11.0 Å². The van der Waals surface area contributed by atoms with E-state index in [1.807, 2.05) is 29.3 Å². The molecule has 0 amide bonds. The molecule has 1 atom stereocenters. The molecule has 1 unspecified atom stereocenters. The van der Waals surface area contributed by atoms with Gasteiger partial charge in [-0.25, -0.2) is 0 Å². The number of hydrogen-bond acceptors (Lipinski definition) is 5. The van der Waals surface area contributed by atoms with Gasteiger partial charge in [-0.15, -0.1) is 11.3 Å². The molecule has 0 aliphatic rings. The van der Waals surface area contributed by atoms with Gasteiger partial charge in [0.15, 0.2) is 0 Å². The topological polar surface area (TPSA) is 66.6 Å². The third kappa shape index (κ3) is 3.59. The van der Waals surface area contributed by atoms with Gasteiger partial charge in [-0.05, 0) is 36.9 Å². The van der Waals surface area contributed by atoms with Gasteiger partial charge in [0.05, 0.1) is 17.6 Å². The van der Waals surface area contributed by atoms with E-state index in [9.17, 15) is 15.2 Å². The molecule has 21 heavy (non-hydrogen) atoms. The van der Waals surface area contributed by atoms with Crippen molar-refractivity contribution in [3.63, 3.8) is 0 Å². The first kappa shape index (κ1) is 15.5. The molecular weight excluding hydrogens is 288 g/mol. The predicted octanol–water partition coefficient (Wildman–Crippen LogP) is 3.74. The number of nitro benzene ring substituents is 1. The minimum absolute atomic E-state index is 0.0341. The van der Waals surface area contributed by atoms with Gasteiger partial charge in [-0.1, -0.05) is 12.1 Å². The number of thiophene rings is 1. The van der Waals surface area contributed by atoms with Gasteiger partial charge in [0, 0.05) is 17.5 Å². The number of aliphatic hydroxyl groups excluding tert-OH is 1. The fourth-order valence-corrected chi connectivity index (χ4v) is 2.89. The third-order valence-corrected chi connectivity index (χ3v) is 4.19. The van der Waals surface area contributed by atoms with Crippen LogP contribution in [0.1, 0.15) is 30.4 Å². The minimum atomic E-state index is -0.717. The molecular formula is C15H18N2O3S. The molecule has 6 heteroatoms. The van der Waals surface area contributed by atoms with Crippen LogP contribution in [0.15, 0.2) is 35.7 Å². The number of rotatable bonds is 6. The van der Waals surface area contributed by atoms with Crippen LogP contribution in [-0.4, -0.2) is 16.6 Å². The molecule has 0 saturated carbocycles. The Hall–Kier alpha value is -1.92. The number of nitrogens with zero attached hydrogens (tertiary/aromatic N) is 2. The molecule has 2 rings (SSSR count). The summed E-state index contributed by atoms with van der Waals surface area (Å²) in [4.78, 5) is 14.1. The van der Waals surface area contributed by atoms with Gasteiger partial charge in [-0.3, -0.25) is 10.1 Å². The Labute approximate surface area is 127 Å². The van der Waals surface area contributed by atoms with Crippen LogP contribution in [0.4, 0.5) is 11.4 Å². The highest BCUT2D eigenvalue weighted by Gasteiger charge is 2.20. The second-order valence-corrected chi connectivity index (χ2v) is 5.81. The number of aliphatic hydroxyl groups is 1. The van der Waals surface area contributed by atoms with Crippen molar-refractivity contribution >= 4 is 22.7 Å². The first-order chi connectivity index (χ1) is 10.0. The molecule has 0 bridgehead atoms. The number of anilines is 1. The molecule has 0 fully saturated rings. The van der Waals surface area contributed by atoms with Crippen molar-refractivity contribution in [2.24, 2.45) is 0 Å². The van der Waals surface area contributed by atoms with Crippen molar-refractivity contribution in [2.75, 3.05) is 11.4 Å². The van der Waals surface area contributed by atoms with Crippen LogP contribution in [-0.2, 0) is 6.54 Å². The summed E-state index contributed by atoms with van der Waals surface area (Å²) >= 11 is 1.63. The Bertz CT molecular complexity index is 611. The van der Waals surface area contributed by atoms with Crippen LogP contribution in [0.2, 0.25) is 0 Å². The van der Waals surface area contributed by atoms with Crippen LogP contribution in [0.25, 0.3) is 0 Å². The fourth-order valence-electron chi connectivity index (χ4n) is 2.17. The Kier molecular flexibility index (Phi) is 4.93. The van der Waals surface area contributed by atoms with Crippen molar-refractivity contribution in [1.29, 1.82) is 0 Å². The molecule has 5 nitrogen and oxygen atoms in total. The monoisotopic (exact) mass is 306 g/mol. The Morgan fingerprint density at radius 3 is 2.71 bits per heavy atom. The molecule has 0 saturated heterocycles. The van der Waals surface area contributed by atoms with Gasteiger partial charge in [0.1, 0.15) is 5.69 Å². The lowest BCUT2D eigenvalue weighted by molar-refractivity contribution is -0.384. The van der Waals surface area contributed by atoms with E-state index in [1.165, 1.54) is 6.07 Å². The second kappa shape index (κ2) is 6.69. The quantitative estimate of drug-likeness (QED) is 0.652. The zero-order valence-electron chi connectivity index (χ0n) is 12.0. The van der Waals surface area contributed by atoms with Crippen molar-refractivity contribution < 1.29 is 10.0 Å². The molecule has 2 aromatic rings. The van der Waals surface area contributed by atoms with Crippen LogP contribution < -0.4 is 4.90 Å². The fraction of sp³-hybridized carbons (Fsp3) is 0.333. The molecule has 1 aromatic carbocycles. The molecule has 0 aliphatic carbocycles. The van der Waals surface area contributed by atoms with E-state index in [0.717, 1.165) is 4.88 Å². The smallest absolute Gasteiger partial charge is 0.292 e. The largest absolute Gasteiger partial charge is 0.389 e. The first-order valence-electron chi connectivity index (χ1n) is 6.76. The number of nitro groups is 1. The van der Waals surface area contributed by atoms with Gasteiger partial charge >= 0.3 is 0 Å². The average molecular weight is 306 g/mol. The maximum absolute atomic E-state index is 11.3. The average Bonchev–Trinajstić information content (AvgIpc) is 2.97. The zero-order chi connectivity index (χ0) is 15.4. The Balaban J connectivity index is 2.38. The lowest BCUT2D eigenvalue weighted by Crippen LogP contribution is -2.22. The van der Waals surface area contributed by atoms with Crippen LogP contribution in [0, 0.1) is 10.1 Å².